The van der Waals surface area contributed by atoms with E-state index in [9.17, 15) is 19.7 Å². The van der Waals surface area contributed by atoms with E-state index in [2.05, 4.69) is 0 Å². The smallest absolute Gasteiger partial charge is 0.326 e. The molecule has 2 rings (SSSR count). The molecule has 1 saturated heterocycles. The molecule has 0 unspecified atom stereocenters. The highest BCUT2D eigenvalue weighted by Gasteiger charge is 2.34. The van der Waals surface area contributed by atoms with E-state index >= 15 is 0 Å². The first-order chi connectivity index (χ1) is 9.40. The van der Waals surface area contributed by atoms with E-state index in [1.54, 1.807) is 0 Å². The van der Waals surface area contributed by atoms with Crippen LogP contribution in [0.5, 0.6) is 0 Å². The van der Waals surface area contributed by atoms with Crippen LogP contribution >= 0.6 is 11.6 Å². The van der Waals surface area contributed by atoms with Gasteiger partial charge in [0.1, 0.15) is 6.04 Å². The largest absolute Gasteiger partial charge is 0.480 e. The second-order valence-electron chi connectivity index (χ2n) is 4.45. The van der Waals surface area contributed by atoms with Crippen LogP contribution in [-0.4, -0.2) is 39.4 Å². The summed E-state index contributed by atoms with van der Waals surface area (Å²) in [5.41, 5.74) is -0.274. The Morgan fingerprint density at radius 1 is 1.40 bits per heavy atom. The summed E-state index contributed by atoms with van der Waals surface area (Å²) in [5, 5.41) is 19.9. The van der Waals surface area contributed by atoms with Gasteiger partial charge in [0.05, 0.1) is 4.92 Å². The second kappa shape index (κ2) is 5.46. The number of aliphatic carboxylic acids is 1. The Balaban J connectivity index is 2.33. The van der Waals surface area contributed by atoms with Gasteiger partial charge >= 0.3 is 5.97 Å². The maximum atomic E-state index is 12.3. The summed E-state index contributed by atoms with van der Waals surface area (Å²) in [5.74, 6) is -1.63. The van der Waals surface area contributed by atoms with E-state index in [1.807, 2.05) is 0 Å². The lowest BCUT2D eigenvalue weighted by Gasteiger charge is -2.21. The maximum absolute atomic E-state index is 12.3. The lowest BCUT2D eigenvalue weighted by Crippen LogP contribution is -2.40. The molecule has 0 radical (unpaired) electrons. The zero-order valence-electron chi connectivity index (χ0n) is 10.3. The number of non-ortho nitro benzene ring substituents is 1. The van der Waals surface area contributed by atoms with E-state index in [0.29, 0.717) is 19.4 Å². The molecule has 7 nitrogen and oxygen atoms in total. The molecule has 1 amide bonds. The summed E-state index contributed by atoms with van der Waals surface area (Å²) < 4.78 is 0. The average Bonchev–Trinajstić information content (AvgIpc) is 2.86. The molecule has 1 aromatic rings. The summed E-state index contributed by atoms with van der Waals surface area (Å²) >= 11 is 5.75. The van der Waals surface area contributed by atoms with Crippen molar-refractivity contribution in [1.29, 1.82) is 0 Å². The molecule has 1 aliphatic rings. The fraction of sp³-hybridized carbons (Fsp3) is 0.333. The number of carbonyl (C=O) groups excluding carboxylic acids is 1. The molecular weight excluding hydrogens is 288 g/mol. The minimum atomic E-state index is -1.08. The molecule has 8 heteroatoms. The molecule has 1 fully saturated rings. The van der Waals surface area contributed by atoms with E-state index < -0.39 is 22.8 Å². The predicted molar refractivity (Wildman–Crippen MR) is 69.8 cm³/mol. The minimum absolute atomic E-state index is 0.0253. The fourth-order valence-electron chi connectivity index (χ4n) is 2.24. The van der Waals surface area contributed by atoms with Gasteiger partial charge in [-0.05, 0) is 18.9 Å². The molecule has 0 saturated carbocycles. The molecule has 0 spiro atoms. The van der Waals surface area contributed by atoms with Crippen LogP contribution in [0.1, 0.15) is 23.2 Å². The summed E-state index contributed by atoms with van der Waals surface area (Å²) in [6, 6.07) is 2.65. The van der Waals surface area contributed by atoms with E-state index in [-0.39, 0.29) is 16.3 Å². The molecule has 1 aliphatic heterocycles. The van der Waals surface area contributed by atoms with Crippen molar-refractivity contribution in [3.05, 3.63) is 38.9 Å². The van der Waals surface area contributed by atoms with Crippen molar-refractivity contribution in [2.75, 3.05) is 6.54 Å². The third-order valence-electron chi connectivity index (χ3n) is 3.14. The molecule has 106 valence electrons. The molecule has 0 aliphatic carbocycles. The summed E-state index contributed by atoms with van der Waals surface area (Å²) in [6.07, 6.45) is 0.967. The Morgan fingerprint density at radius 2 is 2.10 bits per heavy atom. The number of hydrogen-bond donors (Lipinski definition) is 1. The van der Waals surface area contributed by atoms with Crippen molar-refractivity contribution in [3.8, 4) is 0 Å². The lowest BCUT2D eigenvalue weighted by atomic mass is 10.1. The highest BCUT2D eigenvalue weighted by Crippen LogP contribution is 2.25. The second-order valence-corrected chi connectivity index (χ2v) is 4.89. The topological polar surface area (TPSA) is 101 Å². The monoisotopic (exact) mass is 298 g/mol. The van der Waals surface area contributed by atoms with Gasteiger partial charge in [0.15, 0.2) is 0 Å². The number of halogens is 1. The van der Waals surface area contributed by atoms with E-state index in [1.165, 1.54) is 11.0 Å². The Labute approximate surface area is 118 Å². The number of likely N-dealkylation sites (tertiary alicyclic amines) is 1. The van der Waals surface area contributed by atoms with E-state index in [0.717, 1.165) is 12.1 Å². The van der Waals surface area contributed by atoms with Crippen LogP contribution in [0.3, 0.4) is 0 Å². The third kappa shape index (κ3) is 2.72. The first kappa shape index (κ1) is 14.3. The van der Waals surface area contributed by atoms with Gasteiger partial charge < -0.3 is 10.0 Å². The minimum Gasteiger partial charge on any atom is -0.480 e. The summed E-state index contributed by atoms with van der Waals surface area (Å²) in [4.78, 5) is 34.6. The lowest BCUT2D eigenvalue weighted by molar-refractivity contribution is -0.384. The van der Waals surface area contributed by atoms with Gasteiger partial charge in [-0.15, -0.1) is 0 Å². The van der Waals surface area contributed by atoms with Gasteiger partial charge in [0, 0.05) is 29.3 Å². The highest BCUT2D eigenvalue weighted by molar-refractivity contribution is 6.31. The van der Waals surface area contributed by atoms with Crippen molar-refractivity contribution in [1.82, 2.24) is 4.90 Å². The van der Waals surface area contributed by atoms with Crippen molar-refractivity contribution < 1.29 is 19.6 Å². The molecule has 1 atom stereocenters. The standard InChI is InChI=1S/C12H11ClN2O5/c13-8-4-7(5-9(6-8)15(19)20)11(16)14-3-1-2-10(14)12(17)18/h4-6,10H,1-3H2,(H,17,18)/t10-/m0/s1. The Bertz CT molecular complexity index is 589. The number of carbonyl (C=O) groups is 2. The number of carboxylic acids is 1. The zero-order chi connectivity index (χ0) is 14.9. The van der Waals surface area contributed by atoms with Crippen LogP contribution in [0.4, 0.5) is 5.69 Å². The Morgan fingerprint density at radius 3 is 2.70 bits per heavy atom. The number of nitro benzene ring substituents is 1. The molecule has 0 aromatic heterocycles. The maximum Gasteiger partial charge on any atom is 0.326 e. The SMILES string of the molecule is O=C(O)[C@@H]1CCCN1C(=O)c1cc(Cl)cc([N+](=O)[O-])c1. The fourth-order valence-corrected chi connectivity index (χ4v) is 2.46. The van der Waals surface area contributed by atoms with Crippen LogP contribution in [0.25, 0.3) is 0 Å². The molecular formula is C12H11ClN2O5. The van der Waals surface area contributed by atoms with Gasteiger partial charge in [-0.1, -0.05) is 11.6 Å². The normalized spacial score (nSPS) is 18.1. The van der Waals surface area contributed by atoms with Crippen molar-refractivity contribution >= 4 is 29.2 Å². The summed E-state index contributed by atoms with van der Waals surface area (Å²) in [6.45, 7) is 0.316. The number of rotatable bonds is 3. The quantitative estimate of drug-likeness (QED) is 0.679. The molecule has 1 aromatic carbocycles. The van der Waals surface area contributed by atoms with Gasteiger partial charge in [0.2, 0.25) is 0 Å². The zero-order valence-corrected chi connectivity index (χ0v) is 11.0. The van der Waals surface area contributed by atoms with Crippen LogP contribution in [-0.2, 0) is 4.79 Å². The Kier molecular flexibility index (Phi) is 3.89. The van der Waals surface area contributed by atoms with Gasteiger partial charge in [-0.3, -0.25) is 14.9 Å². The number of nitro groups is 1. The van der Waals surface area contributed by atoms with Crippen LogP contribution < -0.4 is 0 Å². The highest BCUT2D eigenvalue weighted by atomic mass is 35.5. The number of nitrogens with zero attached hydrogens (tertiary/aromatic N) is 2. The van der Waals surface area contributed by atoms with Crippen LogP contribution in [0.2, 0.25) is 5.02 Å². The van der Waals surface area contributed by atoms with Gasteiger partial charge in [0.25, 0.3) is 11.6 Å². The van der Waals surface area contributed by atoms with Crippen molar-refractivity contribution in [2.45, 2.75) is 18.9 Å². The first-order valence-corrected chi connectivity index (χ1v) is 6.26. The first-order valence-electron chi connectivity index (χ1n) is 5.89. The molecule has 1 N–H and O–H groups in total. The number of hydrogen-bond acceptors (Lipinski definition) is 4. The summed E-state index contributed by atoms with van der Waals surface area (Å²) in [7, 11) is 0. The number of amides is 1. The molecule has 0 bridgehead atoms. The third-order valence-corrected chi connectivity index (χ3v) is 3.36. The van der Waals surface area contributed by atoms with Crippen LogP contribution in [0.15, 0.2) is 18.2 Å². The van der Waals surface area contributed by atoms with Crippen molar-refractivity contribution in [2.24, 2.45) is 0 Å². The average molecular weight is 299 g/mol. The van der Waals surface area contributed by atoms with Gasteiger partial charge in [-0.25, -0.2) is 4.79 Å². The van der Waals surface area contributed by atoms with Gasteiger partial charge in [-0.2, -0.15) is 0 Å². The van der Waals surface area contributed by atoms with Crippen LogP contribution in [0, 0.1) is 10.1 Å². The number of benzene rings is 1. The van der Waals surface area contributed by atoms with E-state index in [4.69, 9.17) is 16.7 Å². The number of carboxylic acid groups (broad SMARTS) is 1. The molecule has 1 heterocycles. The predicted octanol–water partition coefficient (Wildman–Crippen LogP) is 1.94. The van der Waals surface area contributed by atoms with Crippen molar-refractivity contribution in [3.63, 3.8) is 0 Å². The Hall–Kier alpha value is -2.15. The molecule has 20 heavy (non-hydrogen) atoms.